The predicted molar refractivity (Wildman–Crippen MR) is 80.7 cm³/mol. The lowest BCUT2D eigenvalue weighted by Gasteiger charge is -2.19. The van der Waals surface area contributed by atoms with Crippen LogP contribution in [-0.2, 0) is 4.79 Å². The van der Waals surface area contributed by atoms with Gasteiger partial charge in [0.15, 0.2) is 0 Å². The topological polar surface area (TPSA) is 69.8 Å². The van der Waals surface area contributed by atoms with Crippen molar-refractivity contribution < 1.29 is 4.79 Å². The molecule has 1 aromatic carbocycles. The van der Waals surface area contributed by atoms with Crippen LogP contribution in [0, 0.1) is 5.92 Å². The minimum Gasteiger partial charge on any atom is -0.326 e. The molecule has 3 N–H and O–H groups in total. The van der Waals surface area contributed by atoms with Gasteiger partial charge >= 0.3 is 0 Å². The third kappa shape index (κ3) is 2.34. The highest BCUT2D eigenvalue weighted by atomic mass is 16.2. The summed E-state index contributed by atoms with van der Waals surface area (Å²) in [7, 11) is 0. The van der Waals surface area contributed by atoms with Gasteiger partial charge in [0.1, 0.15) is 0 Å². The number of carbonyl (C=O) groups is 1. The van der Waals surface area contributed by atoms with Crippen LogP contribution in [0.15, 0.2) is 36.5 Å². The van der Waals surface area contributed by atoms with Gasteiger partial charge in [-0.25, -0.2) is 0 Å². The zero-order valence-corrected chi connectivity index (χ0v) is 11.7. The van der Waals surface area contributed by atoms with Crippen LogP contribution in [0.3, 0.4) is 0 Å². The predicted octanol–water partition coefficient (Wildman–Crippen LogP) is 2.16. The number of fused-ring (bicyclic) bond motifs is 2. The van der Waals surface area contributed by atoms with Crippen LogP contribution < -0.4 is 10.6 Å². The number of carbonyl (C=O) groups excluding carboxylic acids is 1. The lowest BCUT2D eigenvalue weighted by atomic mass is 9.88. The molecule has 0 spiro atoms. The summed E-state index contributed by atoms with van der Waals surface area (Å²) in [5.74, 6) is 0.264. The van der Waals surface area contributed by atoms with Crippen molar-refractivity contribution in [2.45, 2.75) is 31.3 Å². The van der Waals surface area contributed by atoms with Crippen LogP contribution in [0.2, 0.25) is 0 Å². The lowest BCUT2D eigenvalue weighted by molar-refractivity contribution is -0.120. The van der Waals surface area contributed by atoms with Gasteiger partial charge in [0, 0.05) is 24.0 Å². The quantitative estimate of drug-likeness (QED) is 0.808. The number of benzene rings is 1. The summed E-state index contributed by atoms with van der Waals surface area (Å²) in [4.78, 5) is 12.4. The van der Waals surface area contributed by atoms with E-state index in [0.717, 1.165) is 29.8 Å². The largest absolute Gasteiger partial charge is 0.326 e. The fraction of sp³-hybridized carbons (Fsp3) is 0.375. The van der Waals surface area contributed by atoms with E-state index in [2.05, 4.69) is 20.8 Å². The van der Waals surface area contributed by atoms with E-state index >= 15 is 0 Å². The van der Waals surface area contributed by atoms with Crippen molar-refractivity contribution in [1.29, 1.82) is 0 Å². The van der Waals surface area contributed by atoms with Crippen LogP contribution in [-0.4, -0.2) is 28.2 Å². The van der Waals surface area contributed by atoms with Crippen LogP contribution in [0.4, 0.5) is 5.69 Å². The van der Waals surface area contributed by atoms with E-state index in [4.69, 9.17) is 0 Å². The van der Waals surface area contributed by atoms with Gasteiger partial charge < -0.3 is 10.6 Å². The molecule has 2 bridgehead atoms. The first-order valence-corrected chi connectivity index (χ1v) is 7.46. The van der Waals surface area contributed by atoms with E-state index in [1.807, 2.05) is 30.3 Å². The number of H-pyrrole nitrogens is 1. The number of hydrogen-bond donors (Lipinski definition) is 3. The number of nitrogens with one attached hydrogen (secondary N) is 3. The molecule has 0 radical (unpaired) electrons. The molecule has 5 nitrogen and oxygen atoms in total. The maximum absolute atomic E-state index is 12.4. The van der Waals surface area contributed by atoms with Gasteiger partial charge in [-0.3, -0.25) is 9.89 Å². The fourth-order valence-electron chi connectivity index (χ4n) is 3.50. The molecule has 3 atom stereocenters. The molecule has 3 heterocycles. The number of aromatic amines is 1. The van der Waals surface area contributed by atoms with Crippen molar-refractivity contribution >= 4 is 11.6 Å². The van der Waals surface area contributed by atoms with Gasteiger partial charge in [-0.2, -0.15) is 5.10 Å². The summed E-state index contributed by atoms with van der Waals surface area (Å²) < 4.78 is 0. The minimum absolute atomic E-state index is 0.121. The van der Waals surface area contributed by atoms with Crippen LogP contribution in [0.5, 0.6) is 0 Å². The maximum atomic E-state index is 12.4. The van der Waals surface area contributed by atoms with Gasteiger partial charge in [-0.15, -0.1) is 0 Å². The van der Waals surface area contributed by atoms with Crippen LogP contribution in [0.1, 0.15) is 19.3 Å². The molecule has 2 aliphatic rings. The van der Waals surface area contributed by atoms with Gasteiger partial charge in [0.25, 0.3) is 0 Å². The van der Waals surface area contributed by atoms with Crippen molar-refractivity contribution in [3.63, 3.8) is 0 Å². The smallest absolute Gasteiger partial charge is 0.229 e. The number of anilines is 1. The van der Waals surface area contributed by atoms with E-state index < -0.39 is 0 Å². The Morgan fingerprint density at radius 1 is 1.19 bits per heavy atom. The Balaban J connectivity index is 1.44. The molecule has 3 unspecified atom stereocenters. The Morgan fingerprint density at radius 3 is 2.67 bits per heavy atom. The summed E-state index contributed by atoms with van der Waals surface area (Å²) in [6, 6.07) is 10.7. The summed E-state index contributed by atoms with van der Waals surface area (Å²) in [6.45, 7) is 0. The third-order valence-electron chi connectivity index (χ3n) is 4.60. The average molecular weight is 282 g/mol. The first kappa shape index (κ1) is 12.6. The first-order chi connectivity index (χ1) is 10.3. The molecule has 5 heteroatoms. The van der Waals surface area contributed by atoms with E-state index in [0.29, 0.717) is 12.1 Å². The SMILES string of the molecule is O=C(Nc1ccc(-c2ccn[nH]2)cc1)C1CC2CCC1N2. The first-order valence-electron chi connectivity index (χ1n) is 7.46. The normalized spacial score (nSPS) is 27.0. The molecule has 0 saturated carbocycles. The molecule has 108 valence electrons. The van der Waals surface area contributed by atoms with E-state index in [1.54, 1.807) is 6.20 Å². The molecule has 2 fully saturated rings. The Bertz CT molecular complexity index is 635. The molecule has 2 aromatic rings. The van der Waals surface area contributed by atoms with E-state index in [-0.39, 0.29) is 11.8 Å². The van der Waals surface area contributed by atoms with Crippen molar-refractivity contribution in [3.8, 4) is 11.3 Å². The highest BCUT2D eigenvalue weighted by molar-refractivity contribution is 5.93. The van der Waals surface area contributed by atoms with Crippen LogP contribution in [0.25, 0.3) is 11.3 Å². The lowest BCUT2D eigenvalue weighted by Crippen LogP contribution is -2.32. The zero-order chi connectivity index (χ0) is 14.2. The van der Waals surface area contributed by atoms with Gasteiger partial charge in [-0.05, 0) is 43.0 Å². The van der Waals surface area contributed by atoms with Gasteiger partial charge in [-0.1, -0.05) is 12.1 Å². The Kier molecular flexibility index (Phi) is 3.00. The Hall–Kier alpha value is -2.14. The third-order valence-corrected chi connectivity index (χ3v) is 4.60. The maximum Gasteiger partial charge on any atom is 0.229 e. The average Bonchev–Trinajstić information content (AvgIpc) is 3.25. The van der Waals surface area contributed by atoms with Crippen LogP contribution >= 0.6 is 0 Å². The second-order valence-corrected chi connectivity index (χ2v) is 5.93. The second kappa shape index (κ2) is 5.00. The number of amides is 1. The van der Waals surface area contributed by atoms with Gasteiger partial charge in [0.05, 0.1) is 11.6 Å². The summed E-state index contributed by atoms with van der Waals surface area (Å²) in [6.07, 6.45) is 5.05. The molecule has 21 heavy (non-hydrogen) atoms. The Labute approximate surface area is 123 Å². The fourth-order valence-corrected chi connectivity index (χ4v) is 3.50. The van der Waals surface area contributed by atoms with Crippen molar-refractivity contribution in [2.24, 2.45) is 5.92 Å². The number of aromatic nitrogens is 2. The molecule has 2 aliphatic heterocycles. The van der Waals surface area contributed by atoms with Crippen molar-refractivity contribution in [3.05, 3.63) is 36.5 Å². The molecule has 1 aromatic heterocycles. The second-order valence-electron chi connectivity index (χ2n) is 5.93. The van der Waals surface area contributed by atoms with Crippen molar-refractivity contribution in [1.82, 2.24) is 15.5 Å². The summed E-state index contributed by atoms with van der Waals surface area (Å²) in [5, 5.41) is 13.4. The minimum atomic E-state index is 0.121. The summed E-state index contributed by atoms with van der Waals surface area (Å²) >= 11 is 0. The number of rotatable bonds is 3. The molecule has 1 amide bonds. The molecular formula is C16H18N4O. The Morgan fingerprint density at radius 2 is 2.05 bits per heavy atom. The number of nitrogens with zero attached hydrogens (tertiary/aromatic N) is 1. The van der Waals surface area contributed by atoms with Gasteiger partial charge in [0.2, 0.25) is 5.91 Å². The molecular weight excluding hydrogens is 264 g/mol. The molecule has 2 saturated heterocycles. The standard InChI is InChI=1S/C16H18N4O/c21-16(13-9-12-5-6-15(13)18-12)19-11-3-1-10(2-4-11)14-7-8-17-20-14/h1-4,7-8,12-13,15,18H,5-6,9H2,(H,17,20)(H,19,21). The van der Waals surface area contributed by atoms with E-state index in [1.165, 1.54) is 6.42 Å². The highest BCUT2D eigenvalue weighted by Gasteiger charge is 2.42. The van der Waals surface area contributed by atoms with Crippen molar-refractivity contribution in [2.75, 3.05) is 5.32 Å². The summed E-state index contributed by atoms with van der Waals surface area (Å²) in [5.41, 5.74) is 2.89. The highest BCUT2D eigenvalue weighted by Crippen LogP contribution is 2.34. The number of hydrogen-bond acceptors (Lipinski definition) is 3. The molecule has 4 rings (SSSR count). The van der Waals surface area contributed by atoms with E-state index in [9.17, 15) is 4.79 Å². The molecule has 0 aliphatic carbocycles. The zero-order valence-electron chi connectivity index (χ0n) is 11.7. The monoisotopic (exact) mass is 282 g/mol.